The normalized spacial score (nSPS) is 13.9. The number of nitrogens with zero attached hydrogens (tertiary/aromatic N) is 2. The summed E-state index contributed by atoms with van der Waals surface area (Å²) in [5.41, 5.74) is 2.01. The van der Waals surface area contributed by atoms with E-state index in [2.05, 4.69) is 9.97 Å². The van der Waals surface area contributed by atoms with Crippen LogP contribution in [0.4, 0.5) is 0 Å². The van der Waals surface area contributed by atoms with Crippen LogP contribution in [-0.2, 0) is 17.8 Å². The highest BCUT2D eigenvalue weighted by Gasteiger charge is 2.22. The quantitative estimate of drug-likeness (QED) is 0.943. The Morgan fingerprint density at radius 1 is 1.43 bits per heavy atom. The van der Waals surface area contributed by atoms with E-state index in [-0.39, 0.29) is 12.5 Å². The molecule has 1 aromatic heterocycles. The van der Waals surface area contributed by atoms with Gasteiger partial charge in [0.15, 0.2) is 6.61 Å². The van der Waals surface area contributed by atoms with E-state index in [0.29, 0.717) is 28.9 Å². The van der Waals surface area contributed by atoms with E-state index >= 15 is 0 Å². The number of hydrogen-bond donors (Lipinski definition) is 1. The molecule has 0 spiro atoms. The Kier molecular flexibility index (Phi) is 4.03. The minimum absolute atomic E-state index is 0.0508. The lowest BCUT2D eigenvalue weighted by Gasteiger charge is -2.26. The van der Waals surface area contributed by atoms with Crippen LogP contribution >= 0.6 is 23.2 Å². The number of H-pyrrole nitrogens is 1. The second-order valence-corrected chi connectivity index (χ2v) is 5.60. The molecule has 1 aromatic carbocycles. The monoisotopic (exact) mass is 325 g/mol. The first kappa shape index (κ1) is 14.2. The number of nitrogens with one attached hydrogen (secondary N) is 1. The number of fused-ring (bicyclic) bond motifs is 1. The number of aromatic nitrogens is 2. The number of amides is 1. The number of aromatic amines is 1. The standard InChI is InChI=1S/C14H13Cl2N3O2/c15-9-1-2-13(10(16)5-9)21-7-14(20)19-4-3-11-12(6-19)18-8-17-11/h1-2,5,8H,3-4,6-7H2,(H,17,18). The number of ether oxygens (including phenoxy) is 1. The van der Waals surface area contributed by atoms with E-state index in [9.17, 15) is 4.79 Å². The highest BCUT2D eigenvalue weighted by atomic mass is 35.5. The van der Waals surface area contributed by atoms with Crippen LogP contribution in [-0.4, -0.2) is 33.9 Å². The maximum Gasteiger partial charge on any atom is 0.260 e. The summed E-state index contributed by atoms with van der Waals surface area (Å²) in [4.78, 5) is 21.2. The summed E-state index contributed by atoms with van der Waals surface area (Å²) in [5.74, 6) is 0.370. The summed E-state index contributed by atoms with van der Waals surface area (Å²) in [7, 11) is 0. The molecule has 0 fully saturated rings. The summed E-state index contributed by atoms with van der Waals surface area (Å²) in [5, 5.41) is 0.922. The fourth-order valence-corrected chi connectivity index (χ4v) is 2.71. The van der Waals surface area contributed by atoms with Crippen LogP contribution in [0.1, 0.15) is 11.4 Å². The molecule has 5 nitrogen and oxygen atoms in total. The molecule has 110 valence electrons. The zero-order valence-electron chi connectivity index (χ0n) is 11.1. The minimum Gasteiger partial charge on any atom is -0.482 e. The Hall–Kier alpha value is -1.72. The molecule has 0 aliphatic carbocycles. The molecule has 2 aromatic rings. The van der Waals surface area contributed by atoms with Crippen molar-refractivity contribution in [3.63, 3.8) is 0 Å². The Balaban J connectivity index is 1.60. The van der Waals surface area contributed by atoms with Crippen LogP contribution < -0.4 is 4.74 Å². The van der Waals surface area contributed by atoms with Crippen molar-refractivity contribution in [1.82, 2.24) is 14.9 Å². The van der Waals surface area contributed by atoms with Gasteiger partial charge in [0.05, 0.1) is 29.3 Å². The van der Waals surface area contributed by atoms with Gasteiger partial charge in [-0.05, 0) is 18.2 Å². The van der Waals surface area contributed by atoms with Gasteiger partial charge in [0.2, 0.25) is 0 Å². The van der Waals surface area contributed by atoms with Crippen molar-refractivity contribution < 1.29 is 9.53 Å². The highest BCUT2D eigenvalue weighted by Crippen LogP contribution is 2.27. The number of halogens is 2. The fourth-order valence-electron chi connectivity index (χ4n) is 2.25. The topological polar surface area (TPSA) is 58.2 Å². The van der Waals surface area contributed by atoms with Crippen molar-refractivity contribution in [3.05, 3.63) is 46.0 Å². The molecule has 0 radical (unpaired) electrons. The number of carbonyl (C=O) groups excluding carboxylic acids is 1. The third-order valence-electron chi connectivity index (χ3n) is 3.37. The zero-order chi connectivity index (χ0) is 14.8. The van der Waals surface area contributed by atoms with E-state index < -0.39 is 0 Å². The molecule has 0 saturated carbocycles. The molecule has 3 rings (SSSR count). The Bertz CT molecular complexity index is 672. The summed E-state index contributed by atoms with van der Waals surface area (Å²) in [6, 6.07) is 4.91. The third-order valence-corrected chi connectivity index (χ3v) is 3.90. The molecule has 1 aliphatic heterocycles. The number of imidazole rings is 1. The molecule has 21 heavy (non-hydrogen) atoms. The molecule has 0 unspecified atom stereocenters. The van der Waals surface area contributed by atoms with Gasteiger partial charge in [-0.1, -0.05) is 23.2 Å². The SMILES string of the molecule is O=C(COc1ccc(Cl)cc1Cl)N1CCc2nc[nH]c2C1. The van der Waals surface area contributed by atoms with Crippen LogP contribution in [0, 0.1) is 0 Å². The predicted octanol–water partition coefficient (Wildman–Crippen LogP) is 2.68. The van der Waals surface area contributed by atoms with Crippen LogP contribution in [0.15, 0.2) is 24.5 Å². The van der Waals surface area contributed by atoms with E-state index in [1.807, 2.05) is 0 Å². The van der Waals surface area contributed by atoms with Crippen LogP contribution in [0.3, 0.4) is 0 Å². The second-order valence-electron chi connectivity index (χ2n) is 4.76. The van der Waals surface area contributed by atoms with Crippen LogP contribution in [0.2, 0.25) is 10.0 Å². The molecule has 1 aliphatic rings. The summed E-state index contributed by atoms with van der Waals surface area (Å²) >= 11 is 11.8. The zero-order valence-corrected chi connectivity index (χ0v) is 12.6. The summed E-state index contributed by atoms with van der Waals surface area (Å²) in [6.07, 6.45) is 2.41. The van der Waals surface area contributed by atoms with Crippen LogP contribution in [0.5, 0.6) is 5.75 Å². The Labute approximate surface area is 131 Å². The average molecular weight is 326 g/mol. The van der Waals surface area contributed by atoms with Crippen molar-refractivity contribution >= 4 is 29.1 Å². The first-order valence-corrected chi connectivity index (χ1v) is 7.26. The molecule has 0 saturated heterocycles. The van der Waals surface area contributed by atoms with Crippen molar-refractivity contribution in [3.8, 4) is 5.75 Å². The number of benzene rings is 1. The average Bonchev–Trinajstić information content (AvgIpc) is 2.93. The van der Waals surface area contributed by atoms with E-state index in [1.54, 1.807) is 29.4 Å². The first-order chi connectivity index (χ1) is 10.1. The van der Waals surface area contributed by atoms with Gasteiger partial charge in [-0.2, -0.15) is 0 Å². The number of carbonyl (C=O) groups is 1. The smallest absolute Gasteiger partial charge is 0.260 e. The maximum atomic E-state index is 12.2. The van der Waals surface area contributed by atoms with Gasteiger partial charge in [-0.3, -0.25) is 4.79 Å². The second kappa shape index (κ2) is 5.95. The van der Waals surface area contributed by atoms with E-state index in [1.165, 1.54) is 0 Å². The van der Waals surface area contributed by atoms with E-state index in [0.717, 1.165) is 17.8 Å². The van der Waals surface area contributed by atoms with Crippen molar-refractivity contribution in [1.29, 1.82) is 0 Å². The molecular formula is C14H13Cl2N3O2. The van der Waals surface area contributed by atoms with Gasteiger partial charge in [-0.25, -0.2) is 4.98 Å². The predicted molar refractivity (Wildman–Crippen MR) is 79.7 cm³/mol. The van der Waals surface area contributed by atoms with Gasteiger partial charge < -0.3 is 14.6 Å². The lowest BCUT2D eigenvalue weighted by atomic mass is 10.1. The Morgan fingerprint density at radius 2 is 2.29 bits per heavy atom. The van der Waals surface area contributed by atoms with Gasteiger partial charge in [0.25, 0.3) is 5.91 Å². The van der Waals surface area contributed by atoms with Crippen LogP contribution in [0.25, 0.3) is 0 Å². The van der Waals surface area contributed by atoms with Gasteiger partial charge in [0, 0.05) is 18.0 Å². The lowest BCUT2D eigenvalue weighted by Crippen LogP contribution is -2.38. The fraction of sp³-hybridized carbons (Fsp3) is 0.286. The van der Waals surface area contributed by atoms with Gasteiger partial charge in [0.1, 0.15) is 5.75 Å². The molecule has 0 bridgehead atoms. The first-order valence-electron chi connectivity index (χ1n) is 6.50. The van der Waals surface area contributed by atoms with Crippen molar-refractivity contribution in [2.75, 3.05) is 13.2 Å². The summed E-state index contributed by atoms with van der Waals surface area (Å²) < 4.78 is 5.47. The number of hydrogen-bond acceptors (Lipinski definition) is 3. The number of rotatable bonds is 3. The Morgan fingerprint density at radius 3 is 3.10 bits per heavy atom. The van der Waals surface area contributed by atoms with Crippen molar-refractivity contribution in [2.45, 2.75) is 13.0 Å². The lowest BCUT2D eigenvalue weighted by molar-refractivity contribution is -0.134. The molecule has 7 heteroatoms. The molecule has 1 N–H and O–H groups in total. The van der Waals surface area contributed by atoms with E-state index in [4.69, 9.17) is 27.9 Å². The minimum atomic E-state index is -0.0822. The third kappa shape index (κ3) is 3.14. The van der Waals surface area contributed by atoms with Crippen molar-refractivity contribution in [2.24, 2.45) is 0 Å². The van der Waals surface area contributed by atoms with Gasteiger partial charge >= 0.3 is 0 Å². The molecule has 1 amide bonds. The molecule has 2 heterocycles. The maximum absolute atomic E-state index is 12.2. The van der Waals surface area contributed by atoms with Gasteiger partial charge in [-0.15, -0.1) is 0 Å². The molecule has 0 atom stereocenters. The largest absolute Gasteiger partial charge is 0.482 e. The summed E-state index contributed by atoms with van der Waals surface area (Å²) in [6.45, 7) is 1.13. The molecular weight excluding hydrogens is 313 g/mol. The highest BCUT2D eigenvalue weighted by molar-refractivity contribution is 6.35.